The smallest absolute Gasteiger partial charge is 0.253 e. The van der Waals surface area contributed by atoms with Crippen molar-refractivity contribution >= 4 is 23.2 Å². The van der Waals surface area contributed by atoms with Crippen LogP contribution in [0.2, 0.25) is 5.02 Å². The lowest BCUT2D eigenvalue weighted by atomic mass is 9.86. The molecule has 31 heavy (non-hydrogen) atoms. The van der Waals surface area contributed by atoms with Crippen molar-refractivity contribution in [3.63, 3.8) is 0 Å². The number of amides is 1. The summed E-state index contributed by atoms with van der Waals surface area (Å²) < 4.78 is 12.0. The molecule has 3 aromatic rings. The normalized spacial score (nSPS) is 18.4. The van der Waals surface area contributed by atoms with Crippen LogP contribution in [0, 0.1) is 0 Å². The Kier molecular flexibility index (Phi) is 6.59. The average molecular weight is 436 g/mol. The van der Waals surface area contributed by atoms with Crippen LogP contribution >= 0.6 is 11.6 Å². The number of nitrogens with zero attached hydrogens (tertiary/aromatic N) is 1. The van der Waals surface area contributed by atoms with E-state index >= 15 is 0 Å². The molecule has 1 aliphatic heterocycles. The molecule has 3 aromatic carbocycles. The van der Waals surface area contributed by atoms with E-state index in [9.17, 15) is 4.79 Å². The van der Waals surface area contributed by atoms with E-state index in [2.05, 4.69) is 0 Å². The maximum absolute atomic E-state index is 13.0. The maximum atomic E-state index is 13.0. The SMILES string of the molecule is CC1(c2ccccc2)OCC(=O)N(CCCCOc2ccccc2)c2ccc(Cl)cc21. The van der Waals surface area contributed by atoms with Crippen LogP contribution in [0.5, 0.6) is 5.75 Å². The largest absolute Gasteiger partial charge is 0.494 e. The molecule has 0 aliphatic carbocycles. The highest BCUT2D eigenvalue weighted by Gasteiger charge is 2.38. The first kappa shape index (κ1) is 21.4. The number of carbonyl (C=O) groups excluding carboxylic acids is 1. The Balaban J connectivity index is 1.52. The summed E-state index contributed by atoms with van der Waals surface area (Å²) in [7, 11) is 0. The standard InChI is InChI=1S/C26H26ClNO3/c1-26(20-10-4-2-5-11-20)23-18-21(27)14-15-24(23)28(25(29)19-31-26)16-8-9-17-30-22-12-6-3-7-13-22/h2-7,10-15,18H,8-9,16-17,19H2,1H3. The molecule has 160 valence electrons. The molecule has 0 spiro atoms. The minimum atomic E-state index is -0.762. The first-order chi connectivity index (χ1) is 15.1. The molecule has 4 nitrogen and oxygen atoms in total. The molecule has 0 saturated heterocycles. The predicted molar refractivity (Wildman–Crippen MR) is 124 cm³/mol. The van der Waals surface area contributed by atoms with Crippen molar-refractivity contribution in [2.45, 2.75) is 25.4 Å². The van der Waals surface area contributed by atoms with E-state index in [0.29, 0.717) is 18.2 Å². The third kappa shape index (κ3) is 4.76. The number of carbonyl (C=O) groups is 1. The van der Waals surface area contributed by atoms with Gasteiger partial charge in [-0.2, -0.15) is 0 Å². The average Bonchev–Trinajstić information content (AvgIpc) is 2.91. The van der Waals surface area contributed by atoms with Gasteiger partial charge in [-0.25, -0.2) is 0 Å². The molecule has 1 unspecified atom stereocenters. The first-order valence-corrected chi connectivity index (χ1v) is 10.9. The summed E-state index contributed by atoms with van der Waals surface area (Å²) in [5, 5.41) is 0.620. The second-order valence-electron chi connectivity index (χ2n) is 7.76. The van der Waals surface area contributed by atoms with E-state index in [0.717, 1.165) is 35.4 Å². The highest BCUT2D eigenvalue weighted by Crippen LogP contribution is 2.42. The molecule has 1 amide bonds. The summed E-state index contributed by atoms with van der Waals surface area (Å²) in [5.41, 5.74) is 1.98. The number of unbranched alkanes of at least 4 members (excludes halogenated alkanes) is 1. The summed E-state index contributed by atoms with van der Waals surface area (Å²) in [4.78, 5) is 14.8. The fraction of sp³-hybridized carbons (Fsp3) is 0.269. The second kappa shape index (κ2) is 9.54. The van der Waals surface area contributed by atoms with Gasteiger partial charge >= 0.3 is 0 Å². The molecule has 1 aliphatic rings. The lowest BCUT2D eigenvalue weighted by Crippen LogP contribution is -2.34. The Labute approximate surface area is 188 Å². The number of hydrogen-bond donors (Lipinski definition) is 0. The van der Waals surface area contributed by atoms with Crippen LogP contribution in [-0.4, -0.2) is 25.7 Å². The zero-order valence-corrected chi connectivity index (χ0v) is 18.3. The lowest BCUT2D eigenvalue weighted by molar-refractivity contribution is -0.126. The second-order valence-corrected chi connectivity index (χ2v) is 8.20. The molecule has 0 fully saturated rings. The third-order valence-electron chi connectivity index (χ3n) is 5.66. The molecule has 0 saturated carbocycles. The van der Waals surface area contributed by atoms with E-state index in [1.807, 2.05) is 90.7 Å². The summed E-state index contributed by atoms with van der Waals surface area (Å²) in [6, 6.07) is 25.4. The fourth-order valence-electron chi connectivity index (χ4n) is 3.94. The van der Waals surface area contributed by atoms with Gasteiger partial charge in [0.05, 0.1) is 12.3 Å². The minimum absolute atomic E-state index is 0.0121. The molecule has 1 atom stereocenters. The molecule has 0 aromatic heterocycles. The molecular weight excluding hydrogens is 410 g/mol. The van der Waals surface area contributed by atoms with Gasteiger partial charge in [-0.05, 0) is 55.7 Å². The van der Waals surface area contributed by atoms with Gasteiger partial charge in [0, 0.05) is 17.1 Å². The number of benzene rings is 3. The Morgan fingerprint density at radius 3 is 2.45 bits per heavy atom. The van der Waals surface area contributed by atoms with Gasteiger partial charge in [-0.1, -0.05) is 60.1 Å². The Bertz CT molecular complexity index is 1030. The lowest BCUT2D eigenvalue weighted by Gasteiger charge is -2.31. The van der Waals surface area contributed by atoms with Gasteiger partial charge in [0.25, 0.3) is 5.91 Å². The Morgan fingerprint density at radius 1 is 1.00 bits per heavy atom. The first-order valence-electron chi connectivity index (χ1n) is 10.6. The predicted octanol–water partition coefficient (Wildman–Crippen LogP) is 5.83. The van der Waals surface area contributed by atoms with Gasteiger partial charge in [0.1, 0.15) is 18.0 Å². The third-order valence-corrected chi connectivity index (χ3v) is 5.90. The van der Waals surface area contributed by atoms with Crippen molar-refractivity contribution in [3.8, 4) is 5.75 Å². The van der Waals surface area contributed by atoms with Crippen LogP contribution in [0.15, 0.2) is 78.9 Å². The van der Waals surface area contributed by atoms with Crippen LogP contribution in [0.3, 0.4) is 0 Å². The van der Waals surface area contributed by atoms with Crippen LogP contribution in [0.25, 0.3) is 0 Å². The van der Waals surface area contributed by atoms with Crippen LogP contribution in [0.4, 0.5) is 5.69 Å². The molecule has 0 N–H and O–H groups in total. The zero-order chi connectivity index (χ0) is 21.7. The molecule has 4 rings (SSSR count). The van der Waals surface area contributed by atoms with Gasteiger partial charge in [0.2, 0.25) is 0 Å². The van der Waals surface area contributed by atoms with Gasteiger partial charge in [0.15, 0.2) is 0 Å². The number of para-hydroxylation sites is 1. The Hall–Kier alpha value is -2.82. The molecule has 5 heteroatoms. The van der Waals surface area contributed by atoms with E-state index in [1.54, 1.807) is 0 Å². The van der Waals surface area contributed by atoms with Crippen molar-refractivity contribution in [2.24, 2.45) is 0 Å². The van der Waals surface area contributed by atoms with Gasteiger partial charge in [-0.3, -0.25) is 4.79 Å². The van der Waals surface area contributed by atoms with Crippen molar-refractivity contribution in [2.75, 3.05) is 24.7 Å². The Morgan fingerprint density at radius 2 is 1.71 bits per heavy atom. The van der Waals surface area contributed by atoms with Crippen LogP contribution < -0.4 is 9.64 Å². The van der Waals surface area contributed by atoms with E-state index < -0.39 is 5.60 Å². The number of halogens is 1. The molecule has 0 radical (unpaired) electrons. The van der Waals surface area contributed by atoms with Crippen molar-refractivity contribution in [1.82, 2.24) is 0 Å². The van der Waals surface area contributed by atoms with Crippen molar-refractivity contribution in [3.05, 3.63) is 95.0 Å². The topological polar surface area (TPSA) is 38.8 Å². The van der Waals surface area contributed by atoms with E-state index in [4.69, 9.17) is 21.1 Å². The number of ether oxygens (including phenoxy) is 2. The molecular formula is C26H26ClNO3. The number of fused-ring (bicyclic) bond motifs is 1. The maximum Gasteiger partial charge on any atom is 0.253 e. The number of hydrogen-bond acceptors (Lipinski definition) is 3. The summed E-state index contributed by atoms with van der Waals surface area (Å²) >= 11 is 6.36. The van der Waals surface area contributed by atoms with Crippen LogP contribution in [0.1, 0.15) is 30.9 Å². The number of rotatable bonds is 7. The van der Waals surface area contributed by atoms with Crippen molar-refractivity contribution in [1.29, 1.82) is 0 Å². The van der Waals surface area contributed by atoms with Gasteiger partial charge < -0.3 is 14.4 Å². The van der Waals surface area contributed by atoms with E-state index in [-0.39, 0.29) is 12.5 Å². The van der Waals surface area contributed by atoms with Crippen LogP contribution in [-0.2, 0) is 15.1 Å². The zero-order valence-electron chi connectivity index (χ0n) is 17.6. The number of anilines is 1. The van der Waals surface area contributed by atoms with Crippen molar-refractivity contribution < 1.29 is 14.3 Å². The highest BCUT2D eigenvalue weighted by molar-refractivity contribution is 6.30. The van der Waals surface area contributed by atoms with E-state index in [1.165, 1.54) is 0 Å². The summed E-state index contributed by atoms with van der Waals surface area (Å²) in [5.74, 6) is 0.813. The fourth-order valence-corrected chi connectivity index (χ4v) is 4.11. The minimum Gasteiger partial charge on any atom is -0.494 e. The molecule has 0 bridgehead atoms. The monoisotopic (exact) mass is 435 g/mol. The highest BCUT2D eigenvalue weighted by atomic mass is 35.5. The quantitative estimate of drug-likeness (QED) is 0.438. The van der Waals surface area contributed by atoms with Gasteiger partial charge in [-0.15, -0.1) is 0 Å². The summed E-state index contributed by atoms with van der Waals surface area (Å²) in [6.07, 6.45) is 1.67. The summed E-state index contributed by atoms with van der Waals surface area (Å²) in [6.45, 7) is 3.22. The molecule has 1 heterocycles.